The molecular weight excluding hydrogens is 355 g/mol. The highest BCUT2D eigenvalue weighted by Crippen LogP contribution is 2.30. The van der Waals surface area contributed by atoms with Gasteiger partial charge in [-0.05, 0) is 57.6 Å². The fraction of sp³-hybridized carbons (Fsp3) is 0.688. The lowest BCUT2D eigenvalue weighted by molar-refractivity contribution is -0.137. The fourth-order valence-electron chi connectivity index (χ4n) is 2.77. The van der Waals surface area contributed by atoms with Crippen LogP contribution < -0.4 is 10.0 Å². The lowest BCUT2D eigenvalue weighted by Crippen LogP contribution is -2.37. The molecule has 2 rings (SSSR count). The molecule has 1 saturated carbocycles. The molecule has 142 valence electrons. The van der Waals surface area contributed by atoms with Crippen molar-refractivity contribution in [1.29, 1.82) is 0 Å². The van der Waals surface area contributed by atoms with E-state index < -0.39 is 27.0 Å². The highest BCUT2D eigenvalue weighted by atomic mass is 32.2. The van der Waals surface area contributed by atoms with Crippen LogP contribution in [0, 0.1) is 5.92 Å². The summed E-state index contributed by atoms with van der Waals surface area (Å²) in [6, 6.07) is 2.50. The predicted octanol–water partition coefficient (Wildman–Crippen LogP) is 3.40. The largest absolute Gasteiger partial charge is 0.417 e. The van der Waals surface area contributed by atoms with Gasteiger partial charge in [0.05, 0.1) is 10.8 Å². The Balaban J connectivity index is 1.79. The molecule has 9 heteroatoms. The molecule has 1 heterocycles. The Labute approximate surface area is 146 Å². The highest BCUT2D eigenvalue weighted by molar-refractivity contribution is 7.90. The van der Waals surface area contributed by atoms with E-state index in [9.17, 15) is 21.6 Å². The van der Waals surface area contributed by atoms with E-state index in [1.54, 1.807) is 13.8 Å². The van der Waals surface area contributed by atoms with Gasteiger partial charge in [-0.3, -0.25) is 0 Å². The van der Waals surface area contributed by atoms with Gasteiger partial charge in [0.2, 0.25) is 10.0 Å². The topological polar surface area (TPSA) is 71.1 Å². The molecule has 0 unspecified atom stereocenters. The van der Waals surface area contributed by atoms with Crippen LogP contribution in [0.2, 0.25) is 0 Å². The van der Waals surface area contributed by atoms with Crippen molar-refractivity contribution in [2.75, 3.05) is 11.9 Å². The number of aromatic nitrogens is 1. The monoisotopic (exact) mass is 379 g/mol. The summed E-state index contributed by atoms with van der Waals surface area (Å²) in [5.74, 6) is 0.712. The van der Waals surface area contributed by atoms with E-state index in [0.717, 1.165) is 37.9 Å². The van der Waals surface area contributed by atoms with Crippen LogP contribution in [0.3, 0.4) is 0 Å². The van der Waals surface area contributed by atoms with Crippen molar-refractivity contribution in [3.8, 4) is 0 Å². The van der Waals surface area contributed by atoms with Crippen molar-refractivity contribution in [3.63, 3.8) is 0 Å². The van der Waals surface area contributed by atoms with E-state index in [0.29, 0.717) is 12.4 Å². The Morgan fingerprint density at radius 1 is 1.20 bits per heavy atom. The third-order valence-corrected chi connectivity index (χ3v) is 6.29. The SMILES string of the molecule is CC(C)S(=O)(=O)NC[C@H]1CC[C@H](Nc2ccc(C(F)(F)F)cn2)CC1. The van der Waals surface area contributed by atoms with Gasteiger partial charge < -0.3 is 5.32 Å². The number of nitrogens with zero attached hydrogens (tertiary/aromatic N) is 1. The minimum absolute atomic E-state index is 0.141. The first-order valence-electron chi connectivity index (χ1n) is 8.36. The summed E-state index contributed by atoms with van der Waals surface area (Å²) in [6.07, 6.45) is -0.174. The zero-order valence-corrected chi connectivity index (χ0v) is 15.1. The summed E-state index contributed by atoms with van der Waals surface area (Å²) in [7, 11) is -3.24. The first-order valence-corrected chi connectivity index (χ1v) is 9.91. The second-order valence-corrected chi connectivity index (χ2v) is 9.06. The van der Waals surface area contributed by atoms with Gasteiger partial charge in [-0.1, -0.05) is 0 Å². The Hall–Kier alpha value is -1.35. The van der Waals surface area contributed by atoms with Crippen LogP contribution in [-0.2, 0) is 16.2 Å². The van der Waals surface area contributed by atoms with E-state index >= 15 is 0 Å². The van der Waals surface area contributed by atoms with Crippen LogP contribution in [-0.4, -0.2) is 31.2 Å². The number of hydrogen-bond donors (Lipinski definition) is 2. The highest BCUT2D eigenvalue weighted by Gasteiger charge is 2.31. The van der Waals surface area contributed by atoms with Crippen molar-refractivity contribution in [2.24, 2.45) is 5.92 Å². The molecular formula is C16H24F3N3O2S. The van der Waals surface area contributed by atoms with Crippen LogP contribution in [0.4, 0.5) is 19.0 Å². The number of alkyl halides is 3. The quantitative estimate of drug-likeness (QED) is 0.795. The summed E-state index contributed by atoms with van der Waals surface area (Å²) < 4.78 is 63.7. The number of pyridine rings is 1. The van der Waals surface area contributed by atoms with Crippen molar-refractivity contribution in [3.05, 3.63) is 23.9 Å². The van der Waals surface area contributed by atoms with E-state index in [2.05, 4.69) is 15.0 Å². The van der Waals surface area contributed by atoms with Gasteiger partial charge in [0, 0.05) is 18.8 Å². The number of anilines is 1. The minimum Gasteiger partial charge on any atom is -0.367 e. The summed E-state index contributed by atoms with van der Waals surface area (Å²) in [6.45, 7) is 3.71. The third-order valence-electron chi connectivity index (χ3n) is 4.48. The van der Waals surface area contributed by atoms with E-state index in [4.69, 9.17) is 0 Å². The maximum atomic E-state index is 12.5. The van der Waals surface area contributed by atoms with Gasteiger partial charge in [-0.15, -0.1) is 0 Å². The Morgan fingerprint density at radius 3 is 2.32 bits per heavy atom. The second-order valence-electron chi connectivity index (χ2n) is 6.73. The number of rotatable bonds is 6. The summed E-state index contributed by atoms with van der Waals surface area (Å²) in [5, 5.41) is 2.71. The van der Waals surface area contributed by atoms with Gasteiger partial charge in [0.25, 0.3) is 0 Å². The average molecular weight is 379 g/mol. The summed E-state index contributed by atoms with van der Waals surface area (Å²) in [4.78, 5) is 3.82. The molecule has 0 radical (unpaired) electrons. The van der Waals surface area contributed by atoms with Gasteiger partial charge in [-0.25, -0.2) is 18.1 Å². The van der Waals surface area contributed by atoms with Crippen molar-refractivity contribution in [1.82, 2.24) is 9.71 Å². The zero-order chi connectivity index (χ0) is 18.7. The third kappa shape index (κ3) is 5.85. The van der Waals surface area contributed by atoms with Crippen LogP contribution in [0.15, 0.2) is 18.3 Å². The standard InChI is InChI=1S/C16H24F3N3O2S/c1-11(2)25(23,24)21-9-12-3-6-14(7-4-12)22-15-8-5-13(10-20-15)16(17,18)19/h5,8,10-12,14,21H,3-4,6-7,9H2,1-2H3,(H,20,22)/t12-,14-. The molecule has 0 atom stereocenters. The van der Waals surface area contributed by atoms with E-state index in [1.165, 1.54) is 6.07 Å². The van der Waals surface area contributed by atoms with Gasteiger partial charge in [0.1, 0.15) is 5.82 Å². The lowest BCUT2D eigenvalue weighted by Gasteiger charge is -2.29. The molecule has 2 N–H and O–H groups in total. The van der Waals surface area contributed by atoms with E-state index in [1.807, 2.05) is 0 Å². The summed E-state index contributed by atoms with van der Waals surface area (Å²) >= 11 is 0. The van der Waals surface area contributed by atoms with Crippen LogP contribution >= 0.6 is 0 Å². The van der Waals surface area contributed by atoms with Gasteiger partial charge in [-0.2, -0.15) is 13.2 Å². The molecule has 0 aromatic carbocycles. The lowest BCUT2D eigenvalue weighted by atomic mass is 9.86. The molecule has 5 nitrogen and oxygen atoms in total. The molecule has 1 aromatic rings. The van der Waals surface area contributed by atoms with Crippen molar-refractivity contribution >= 4 is 15.8 Å². The smallest absolute Gasteiger partial charge is 0.367 e. The van der Waals surface area contributed by atoms with Gasteiger partial charge in [0.15, 0.2) is 0 Å². The molecule has 0 amide bonds. The Morgan fingerprint density at radius 2 is 1.84 bits per heavy atom. The first kappa shape index (κ1) is 20.0. The molecule has 1 fully saturated rings. The Bertz CT molecular complexity index is 652. The normalized spacial score (nSPS) is 22.2. The van der Waals surface area contributed by atoms with Crippen LogP contribution in [0.25, 0.3) is 0 Å². The van der Waals surface area contributed by atoms with Crippen molar-refractivity contribution in [2.45, 2.75) is 57.0 Å². The minimum atomic E-state index is -4.38. The molecule has 25 heavy (non-hydrogen) atoms. The number of halogens is 3. The number of nitrogens with one attached hydrogen (secondary N) is 2. The van der Waals surface area contributed by atoms with Gasteiger partial charge >= 0.3 is 6.18 Å². The second kappa shape index (κ2) is 7.90. The van der Waals surface area contributed by atoms with Crippen LogP contribution in [0.5, 0.6) is 0 Å². The van der Waals surface area contributed by atoms with Crippen LogP contribution in [0.1, 0.15) is 45.1 Å². The zero-order valence-electron chi connectivity index (χ0n) is 14.3. The summed E-state index contributed by atoms with van der Waals surface area (Å²) in [5.41, 5.74) is -0.765. The molecule has 0 spiro atoms. The molecule has 0 bridgehead atoms. The average Bonchev–Trinajstić information content (AvgIpc) is 2.54. The maximum absolute atomic E-state index is 12.5. The predicted molar refractivity (Wildman–Crippen MR) is 90.7 cm³/mol. The molecule has 1 aromatic heterocycles. The molecule has 0 aliphatic heterocycles. The number of hydrogen-bond acceptors (Lipinski definition) is 4. The molecule has 0 saturated heterocycles. The Kier molecular flexibility index (Phi) is 6.31. The maximum Gasteiger partial charge on any atom is 0.417 e. The molecule has 1 aliphatic carbocycles. The van der Waals surface area contributed by atoms with E-state index in [-0.39, 0.29) is 12.0 Å². The van der Waals surface area contributed by atoms with Crippen molar-refractivity contribution < 1.29 is 21.6 Å². The molecule has 1 aliphatic rings. The first-order chi connectivity index (χ1) is 11.6. The fourth-order valence-corrected chi connectivity index (χ4v) is 3.57. The number of sulfonamides is 1.